The summed E-state index contributed by atoms with van der Waals surface area (Å²) in [5.41, 5.74) is 1.74. The van der Waals surface area contributed by atoms with Crippen molar-refractivity contribution in [1.29, 1.82) is 0 Å². The number of nitrogens with one attached hydrogen (secondary N) is 3. The average molecular weight is 623 g/mol. The van der Waals surface area contributed by atoms with Crippen LogP contribution in [0, 0.1) is 5.82 Å². The number of thioether (sulfide) groups is 1. The first-order valence-corrected chi connectivity index (χ1v) is 14.5. The van der Waals surface area contributed by atoms with Gasteiger partial charge >= 0.3 is 0 Å². The summed E-state index contributed by atoms with van der Waals surface area (Å²) in [6.07, 6.45) is 1.99. The molecule has 10 heteroatoms. The van der Waals surface area contributed by atoms with Crippen molar-refractivity contribution in [2.45, 2.75) is 23.5 Å². The highest BCUT2D eigenvalue weighted by atomic mass is 35.5. The van der Waals surface area contributed by atoms with Gasteiger partial charge in [-0.05, 0) is 78.7 Å². The number of halogens is 3. The fourth-order valence-electron chi connectivity index (χ4n) is 3.81. The topological polar surface area (TPSA) is 87.3 Å². The molecule has 0 saturated heterocycles. The molecule has 3 N–H and O–H groups in total. The summed E-state index contributed by atoms with van der Waals surface area (Å²) in [5.74, 6) is -1.71. The molecule has 42 heavy (non-hydrogen) atoms. The van der Waals surface area contributed by atoms with Gasteiger partial charge in [-0.2, -0.15) is 0 Å². The molecule has 3 amide bonds. The van der Waals surface area contributed by atoms with E-state index in [-0.39, 0.29) is 11.6 Å². The van der Waals surface area contributed by atoms with Gasteiger partial charge in [0.2, 0.25) is 5.91 Å². The number of benzene rings is 4. The second-order valence-electron chi connectivity index (χ2n) is 9.04. The average Bonchev–Trinajstić information content (AvgIpc) is 2.99. The van der Waals surface area contributed by atoms with Gasteiger partial charge in [0, 0.05) is 21.2 Å². The zero-order chi connectivity index (χ0) is 30.1. The van der Waals surface area contributed by atoms with Crippen LogP contribution in [0.3, 0.4) is 0 Å². The molecule has 0 heterocycles. The number of carbonyl (C=O) groups is 3. The molecule has 0 aliphatic rings. The minimum Gasteiger partial charge on any atom is -0.324 e. The predicted molar refractivity (Wildman–Crippen MR) is 168 cm³/mol. The predicted octanol–water partition coefficient (Wildman–Crippen LogP) is 8.05. The Hall–Kier alpha value is -4.11. The minimum absolute atomic E-state index is 0.0299. The monoisotopic (exact) mass is 621 g/mol. The third-order valence-electron chi connectivity index (χ3n) is 5.93. The molecule has 0 saturated carbocycles. The van der Waals surface area contributed by atoms with Gasteiger partial charge in [-0.3, -0.25) is 14.4 Å². The van der Waals surface area contributed by atoms with Gasteiger partial charge in [0.1, 0.15) is 11.5 Å². The van der Waals surface area contributed by atoms with Gasteiger partial charge in [-0.1, -0.05) is 66.5 Å². The Morgan fingerprint density at radius 3 is 2.33 bits per heavy atom. The van der Waals surface area contributed by atoms with E-state index >= 15 is 0 Å². The van der Waals surface area contributed by atoms with Crippen LogP contribution in [0.2, 0.25) is 10.0 Å². The lowest BCUT2D eigenvalue weighted by Crippen LogP contribution is -2.30. The first-order chi connectivity index (χ1) is 20.2. The maximum Gasteiger partial charge on any atom is 0.272 e. The van der Waals surface area contributed by atoms with Crippen LogP contribution in [0.5, 0.6) is 0 Å². The molecule has 0 spiro atoms. The molecule has 0 aromatic heterocycles. The number of carbonyl (C=O) groups excluding carboxylic acids is 3. The van der Waals surface area contributed by atoms with Crippen LogP contribution in [-0.2, 0) is 9.59 Å². The van der Waals surface area contributed by atoms with Crippen molar-refractivity contribution >= 4 is 70.1 Å². The van der Waals surface area contributed by atoms with Gasteiger partial charge in [-0.15, -0.1) is 11.8 Å². The van der Waals surface area contributed by atoms with Crippen LogP contribution in [0.4, 0.5) is 15.8 Å². The van der Waals surface area contributed by atoms with E-state index in [1.165, 1.54) is 42.1 Å². The van der Waals surface area contributed by atoms with E-state index < -0.39 is 22.9 Å². The van der Waals surface area contributed by atoms with Crippen molar-refractivity contribution in [1.82, 2.24) is 5.32 Å². The van der Waals surface area contributed by atoms with Crippen LogP contribution >= 0.6 is 35.0 Å². The van der Waals surface area contributed by atoms with E-state index in [0.29, 0.717) is 39.0 Å². The summed E-state index contributed by atoms with van der Waals surface area (Å²) in [6.45, 7) is 1.89. The van der Waals surface area contributed by atoms with E-state index in [1.807, 2.05) is 13.0 Å². The fraction of sp³-hybridized carbons (Fsp3) is 0.0938. The Balaban J connectivity index is 1.50. The summed E-state index contributed by atoms with van der Waals surface area (Å²) in [4.78, 5) is 39.9. The molecule has 4 aromatic rings. The van der Waals surface area contributed by atoms with Crippen LogP contribution in [0.15, 0.2) is 108 Å². The van der Waals surface area contributed by atoms with Crippen LogP contribution in [-0.4, -0.2) is 23.0 Å². The highest BCUT2D eigenvalue weighted by molar-refractivity contribution is 8.00. The summed E-state index contributed by atoms with van der Waals surface area (Å²) >= 11 is 13.6. The van der Waals surface area contributed by atoms with Crippen molar-refractivity contribution in [3.05, 3.63) is 130 Å². The third-order valence-corrected chi connectivity index (χ3v) is 7.85. The molecule has 0 radical (unpaired) electrons. The molecule has 0 aliphatic carbocycles. The summed E-state index contributed by atoms with van der Waals surface area (Å²) in [7, 11) is 0. The normalized spacial score (nSPS) is 11.9. The number of anilines is 2. The Morgan fingerprint density at radius 2 is 1.62 bits per heavy atom. The van der Waals surface area contributed by atoms with Gasteiger partial charge in [-0.25, -0.2) is 4.39 Å². The van der Waals surface area contributed by atoms with Gasteiger partial charge in [0.15, 0.2) is 0 Å². The molecular weight excluding hydrogens is 596 g/mol. The largest absolute Gasteiger partial charge is 0.324 e. The second-order valence-corrected chi connectivity index (χ2v) is 11.2. The van der Waals surface area contributed by atoms with E-state index in [4.69, 9.17) is 23.2 Å². The summed E-state index contributed by atoms with van der Waals surface area (Å²) < 4.78 is 13.4. The number of amides is 3. The standard InChI is InChI=1S/C32H26Cl2FN3O3S/c1-2-29(32(41)37-27-18-22(33)13-16-26(27)34)42-25-10-6-9-24(19-25)36-31(40)28(17-20-11-14-23(35)15-12-20)38-30(39)21-7-4-3-5-8-21/h3-19,29H,2H2,1H3,(H,36,40)(H,37,41)(H,38,39)/b28-17+. The van der Waals surface area contributed by atoms with Crippen molar-refractivity contribution in [2.75, 3.05) is 10.6 Å². The Labute approximate surface area is 257 Å². The summed E-state index contributed by atoms with van der Waals surface area (Å²) in [5, 5.41) is 8.66. The van der Waals surface area contributed by atoms with Crippen LogP contribution in [0.25, 0.3) is 6.08 Å². The van der Waals surface area contributed by atoms with Crippen molar-refractivity contribution in [3.8, 4) is 0 Å². The molecule has 214 valence electrons. The maximum absolute atomic E-state index is 13.4. The highest BCUT2D eigenvalue weighted by Crippen LogP contribution is 2.31. The number of hydrogen-bond donors (Lipinski definition) is 3. The Kier molecular flexibility index (Phi) is 10.8. The zero-order valence-electron chi connectivity index (χ0n) is 22.4. The smallest absolute Gasteiger partial charge is 0.272 e. The molecule has 0 bridgehead atoms. The van der Waals surface area contributed by atoms with Gasteiger partial charge in [0.05, 0.1) is 16.0 Å². The first-order valence-electron chi connectivity index (χ1n) is 12.9. The lowest BCUT2D eigenvalue weighted by molar-refractivity contribution is -0.116. The highest BCUT2D eigenvalue weighted by Gasteiger charge is 2.20. The molecule has 6 nitrogen and oxygen atoms in total. The molecule has 4 aromatic carbocycles. The van der Waals surface area contributed by atoms with Crippen LogP contribution < -0.4 is 16.0 Å². The SMILES string of the molecule is CCC(Sc1cccc(NC(=O)/C(=C\c2ccc(F)cc2)NC(=O)c2ccccc2)c1)C(=O)Nc1cc(Cl)ccc1Cl. The van der Waals surface area contributed by atoms with Gasteiger partial charge in [0.25, 0.3) is 11.8 Å². The molecule has 0 aliphatic heterocycles. The van der Waals surface area contributed by atoms with Crippen LogP contribution in [0.1, 0.15) is 29.3 Å². The van der Waals surface area contributed by atoms with Crippen molar-refractivity contribution in [3.63, 3.8) is 0 Å². The lowest BCUT2D eigenvalue weighted by Gasteiger charge is -2.16. The Bertz CT molecular complexity index is 1620. The van der Waals surface area contributed by atoms with Crippen molar-refractivity contribution < 1.29 is 18.8 Å². The van der Waals surface area contributed by atoms with Gasteiger partial charge < -0.3 is 16.0 Å². The fourth-order valence-corrected chi connectivity index (χ4v) is 5.16. The second kappa shape index (κ2) is 14.7. The molecule has 4 rings (SSSR count). The molecule has 1 unspecified atom stereocenters. The first kappa shape index (κ1) is 30.8. The quantitative estimate of drug-likeness (QED) is 0.123. The minimum atomic E-state index is -0.578. The number of hydrogen-bond acceptors (Lipinski definition) is 4. The Morgan fingerprint density at radius 1 is 0.881 bits per heavy atom. The molecule has 0 fully saturated rings. The molecular formula is C32H26Cl2FN3O3S. The lowest BCUT2D eigenvalue weighted by atomic mass is 10.1. The zero-order valence-corrected chi connectivity index (χ0v) is 24.7. The molecule has 1 atom stereocenters. The van der Waals surface area contributed by atoms with E-state index in [2.05, 4.69) is 16.0 Å². The maximum atomic E-state index is 13.4. The van der Waals surface area contributed by atoms with E-state index in [0.717, 1.165) is 4.90 Å². The summed E-state index contributed by atoms with van der Waals surface area (Å²) in [6, 6.07) is 25.9. The van der Waals surface area contributed by atoms with E-state index in [1.54, 1.807) is 66.7 Å². The number of rotatable bonds is 10. The third kappa shape index (κ3) is 8.69. The van der Waals surface area contributed by atoms with Crippen molar-refractivity contribution in [2.24, 2.45) is 0 Å². The van der Waals surface area contributed by atoms with E-state index in [9.17, 15) is 18.8 Å².